The molecule has 0 bridgehead atoms. The number of nitrogens with one attached hydrogen (secondary N) is 2. The van der Waals surface area contributed by atoms with E-state index >= 15 is 0 Å². The summed E-state index contributed by atoms with van der Waals surface area (Å²) in [5.41, 5.74) is 0.847. The lowest BCUT2D eigenvalue weighted by molar-refractivity contribution is -0.141. The van der Waals surface area contributed by atoms with Crippen LogP contribution in [0, 0.1) is 0 Å². The van der Waals surface area contributed by atoms with Crippen molar-refractivity contribution in [1.82, 2.24) is 20.4 Å². The Kier molecular flexibility index (Phi) is 4.31. The quantitative estimate of drug-likeness (QED) is 0.761. The van der Waals surface area contributed by atoms with Gasteiger partial charge in [-0.2, -0.15) is 5.10 Å². The summed E-state index contributed by atoms with van der Waals surface area (Å²) >= 11 is 1.50. The van der Waals surface area contributed by atoms with Crippen molar-refractivity contribution in [3.8, 4) is 0 Å². The number of carboxylic acids is 1. The molecular formula is C11H16N4O3S. The van der Waals surface area contributed by atoms with Crippen LogP contribution in [0.25, 0.3) is 0 Å². The molecule has 2 heterocycles. The number of carbonyl (C=O) groups excluding carboxylic acids is 1. The summed E-state index contributed by atoms with van der Waals surface area (Å²) in [6, 6.07) is -1.09. The Bertz CT molecular complexity index is 451. The maximum Gasteiger partial charge on any atom is 0.327 e. The average molecular weight is 284 g/mol. The van der Waals surface area contributed by atoms with Gasteiger partial charge in [-0.25, -0.2) is 9.59 Å². The van der Waals surface area contributed by atoms with E-state index in [-0.39, 0.29) is 11.4 Å². The summed E-state index contributed by atoms with van der Waals surface area (Å²) < 4.78 is 0. The predicted octanol–water partition coefficient (Wildman–Crippen LogP) is 0.857. The van der Waals surface area contributed by atoms with Crippen LogP contribution in [-0.4, -0.2) is 49.4 Å². The van der Waals surface area contributed by atoms with E-state index in [1.165, 1.54) is 16.7 Å². The smallest absolute Gasteiger partial charge is 0.327 e. The van der Waals surface area contributed by atoms with Gasteiger partial charge in [0, 0.05) is 24.1 Å². The predicted molar refractivity (Wildman–Crippen MR) is 70.6 cm³/mol. The Morgan fingerprint density at radius 3 is 3.05 bits per heavy atom. The van der Waals surface area contributed by atoms with Gasteiger partial charge >= 0.3 is 12.0 Å². The summed E-state index contributed by atoms with van der Waals surface area (Å²) in [4.78, 5) is 24.7. The van der Waals surface area contributed by atoms with Gasteiger partial charge in [0.15, 0.2) is 0 Å². The van der Waals surface area contributed by atoms with Crippen LogP contribution in [0.15, 0.2) is 12.4 Å². The molecule has 3 N–H and O–H groups in total. The fourth-order valence-corrected chi connectivity index (χ4v) is 3.33. The number of carboxylic acid groups (broad SMARTS) is 1. The van der Waals surface area contributed by atoms with Gasteiger partial charge in [-0.1, -0.05) is 6.92 Å². The van der Waals surface area contributed by atoms with Crippen LogP contribution in [0.3, 0.4) is 0 Å². The maximum atomic E-state index is 12.1. The lowest BCUT2D eigenvalue weighted by Gasteiger charge is -2.26. The molecule has 19 heavy (non-hydrogen) atoms. The van der Waals surface area contributed by atoms with E-state index < -0.39 is 12.0 Å². The number of rotatable bonds is 4. The highest BCUT2D eigenvalue weighted by Gasteiger charge is 2.40. The normalized spacial score (nSPS) is 22.5. The fourth-order valence-electron chi connectivity index (χ4n) is 1.98. The number of carbonyl (C=O) groups is 2. The molecule has 0 radical (unpaired) electrons. The number of hydrogen-bond acceptors (Lipinski definition) is 4. The zero-order valence-corrected chi connectivity index (χ0v) is 11.3. The van der Waals surface area contributed by atoms with Crippen LogP contribution in [0.1, 0.15) is 18.9 Å². The van der Waals surface area contributed by atoms with Crippen LogP contribution in [0.5, 0.6) is 0 Å². The molecule has 8 heteroatoms. The van der Waals surface area contributed by atoms with Gasteiger partial charge in [-0.05, 0) is 6.42 Å². The minimum Gasteiger partial charge on any atom is -0.480 e. The van der Waals surface area contributed by atoms with Crippen molar-refractivity contribution < 1.29 is 14.7 Å². The Morgan fingerprint density at radius 1 is 1.68 bits per heavy atom. The van der Waals surface area contributed by atoms with Gasteiger partial charge < -0.3 is 10.4 Å². The monoisotopic (exact) mass is 284 g/mol. The lowest BCUT2D eigenvalue weighted by atomic mass is 10.2. The van der Waals surface area contributed by atoms with Gasteiger partial charge in [0.25, 0.3) is 0 Å². The molecule has 7 nitrogen and oxygen atoms in total. The first-order chi connectivity index (χ1) is 9.13. The summed E-state index contributed by atoms with van der Waals surface area (Å²) in [6.07, 6.45) is 4.03. The number of aromatic amines is 1. The molecule has 1 aromatic rings. The fraction of sp³-hybridized carbons (Fsp3) is 0.545. The largest absolute Gasteiger partial charge is 0.480 e. The molecule has 2 rings (SSSR count). The van der Waals surface area contributed by atoms with E-state index in [9.17, 15) is 9.59 Å². The second kappa shape index (κ2) is 5.96. The van der Waals surface area contributed by atoms with E-state index in [1.54, 1.807) is 12.4 Å². The van der Waals surface area contributed by atoms with Gasteiger partial charge in [-0.3, -0.25) is 10.00 Å². The number of amides is 2. The van der Waals surface area contributed by atoms with Crippen molar-refractivity contribution in [2.24, 2.45) is 0 Å². The minimum absolute atomic E-state index is 0.0783. The maximum absolute atomic E-state index is 12.1. The third kappa shape index (κ3) is 3.01. The molecule has 0 aliphatic carbocycles. The van der Waals surface area contributed by atoms with Crippen molar-refractivity contribution in [2.75, 3.05) is 5.75 Å². The number of H-pyrrole nitrogens is 1. The molecule has 104 valence electrons. The number of hydrogen-bond donors (Lipinski definition) is 3. The third-order valence-corrected chi connectivity index (χ3v) is 4.41. The summed E-state index contributed by atoms with van der Waals surface area (Å²) in [6.45, 7) is 2.28. The van der Waals surface area contributed by atoms with E-state index in [0.29, 0.717) is 12.3 Å². The molecule has 1 aliphatic heterocycles. The first-order valence-electron chi connectivity index (χ1n) is 6.01. The molecule has 2 atom stereocenters. The highest BCUT2D eigenvalue weighted by molar-refractivity contribution is 8.00. The van der Waals surface area contributed by atoms with E-state index in [4.69, 9.17) is 5.11 Å². The Balaban J connectivity index is 2.00. The summed E-state index contributed by atoms with van der Waals surface area (Å²) in [5, 5.41) is 18.2. The number of aromatic nitrogens is 2. The SMILES string of the molecule is CCC1SCC(C(=O)O)N1C(=O)NCc1cn[nH]c1. The van der Waals surface area contributed by atoms with Crippen LogP contribution in [-0.2, 0) is 11.3 Å². The summed E-state index contributed by atoms with van der Waals surface area (Å²) in [7, 11) is 0. The molecule has 0 spiro atoms. The highest BCUT2D eigenvalue weighted by atomic mass is 32.2. The zero-order chi connectivity index (χ0) is 13.8. The molecular weight excluding hydrogens is 268 g/mol. The molecule has 0 saturated carbocycles. The van der Waals surface area contributed by atoms with Crippen molar-refractivity contribution >= 4 is 23.8 Å². The molecule has 2 unspecified atom stereocenters. The van der Waals surface area contributed by atoms with Gasteiger partial charge in [0.1, 0.15) is 6.04 Å². The zero-order valence-electron chi connectivity index (χ0n) is 10.5. The molecule has 1 aromatic heterocycles. The second-order valence-corrected chi connectivity index (χ2v) is 5.43. The molecule has 1 aliphatic rings. The number of thioether (sulfide) groups is 1. The molecule has 1 saturated heterocycles. The van der Waals surface area contributed by atoms with Crippen molar-refractivity contribution in [1.29, 1.82) is 0 Å². The molecule has 0 aromatic carbocycles. The second-order valence-electron chi connectivity index (χ2n) is 4.22. The number of aliphatic carboxylic acids is 1. The Labute approximate surface area is 114 Å². The van der Waals surface area contributed by atoms with Crippen molar-refractivity contribution in [3.63, 3.8) is 0 Å². The van der Waals surface area contributed by atoms with E-state index in [2.05, 4.69) is 15.5 Å². The van der Waals surface area contributed by atoms with Crippen LogP contribution in [0.2, 0.25) is 0 Å². The standard InChI is InChI=1S/C11H16N4O3S/c1-2-9-15(8(6-19-9)10(16)17)11(18)12-3-7-4-13-14-5-7/h4-5,8-9H,2-3,6H2,1H3,(H,12,18)(H,13,14)(H,16,17). The van der Waals surface area contributed by atoms with Gasteiger partial charge in [0.2, 0.25) is 0 Å². The van der Waals surface area contributed by atoms with Gasteiger partial charge in [-0.15, -0.1) is 11.8 Å². The lowest BCUT2D eigenvalue weighted by Crippen LogP contribution is -2.49. The summed E-state index contributed by atoms with van der Waals surface area (Å²) in [5.74, 6) is -0.519. The third-order valence-electron chi connectivity index (χ3n) is 2.96. The van der Waals surface area contributed by atoms with Crippen LogP contribution >= 0.6 is 11.8 Å². The van der Waals surface area contributed by atoms with Crippen LogP contribution < -0.4 is 5.32 Å². The number of nitrogens with zero attached hydrogens (tertiary/aromatic N) is 2. The highest BCUT2D eigenvalue weighted by Crippen LogP contribution is 2.31. The Morgan fingerprint density at radius 2 is 2.47 bits per heavy atom. The average Bonchev–Trinajstić information content (AvgIpc) is 3.04. The molecule has 1 fully saturated rings. The van der Waals surface area contributed by atoms with Crippen LogP contribution in [0.4, 0.5) is 4.79 Å². The first-order valence-corrected chi connectivity index (χ1v) is 7.06. The number of urea groups is 1. The topological polar surface area (TPSA) is 98.3 Å². The first kappa shape index (κ1) is 13.7. The van der Waals surface area contributed by atoms with Crippen molar-refractivity contribution in [3.05, 3.63) is 18.0 Å². The Hall–Kier alpha value is -1.70. The minimum atomic E-state index is -0.957. The van der Waals surface area contributed by atoms with Crippen molar-refractivity contribution in [2.45, 2.75) is 31.3 Å². The van der Waals surface area contributed by atoms with Gasteiger partial charge in [0.05, 0.1) is 11.6 Å². The van der Waals surface area contributed by atoms with E-state index in [1.807, 2.05) is 6.92 Å². The molecule has 2 amide bonds. The van der Waals surface area contributed by atoms with E-state index in [0.717, 1.165) is 12.0 Å².